The summed E-state index contributed by atoms with van der Waals surface area (Å²) in [6.07, 6.45) is 5.79. The summed E-state index contributed by atoms with van der Waals surface area (Å²) in [5, 5.41) is 5.69. The van der Waals surface area contributed by atoms with Crippen molar-refractivity contribution in [1.29, 1.82) is 0 Å². The molecular formula is C27H36N2O6. The van der Waals surface area contributed by atoms with Crippen molar-refractivity contribution in [2.24, 2.45) is 10.8 Å². The summed E-state index contributed by atoms with van der Waals surface area (Å²) in [5.74, 6) is 0.709. The van der Waals surface area contributed by atoms with E-state index in [0.29, 0.717) is 43.9 Å². The number of hydrogen-bond acceptors (Lipinski definition) is 6. The van der Waals surface area contributed by atoms with E-state index in [1.807, 2.05) is 51.1 Å². The van der Waals surface area contributed by atoms with Crippen LogP contribution in [0.25, 0.3) is 0 Å². The van der Waals surface area contributed by atoms with Crippen LogP contribution in [0.3, 0.4) is 0 Å². The molecule has 2 amide bonds. The average Bonchev–Trinajstić information content (AvgIpc) is 2.67. The van der Waals surface area contributed by atoms with Crippen LogP contribution in [0.5, 0.6) is 0 Å². The lowest BCUT2D eigenvalue weighted by Crippen LogP contribution is -2.56. The number of nitrogens with one attached hydrogen (secondary N) is 2. The van der Waals surface area contributed by atoms with Gasteiger partial charge in [-0.1, -0.05) is 30.3 Å². The molecule has 8 nitrogen and oxygen atoms in total. The first-order valence-electron chi connectivity index (χ1n) is 12.4. The fraction of sp³-hybridized carbons (Fsp3) is 0.630. The molecule has 4 fully saturated rings. The van der Waals surface area contributed by atoms with Gasteiger partial charge in [0.05, 0.1) is 0 Å². The van der Waals surface area contributed by atoms with Crippen LogP contribution < -0.4 is 10.6 Å². The summed E-state index contributed by atoms with van der Waals surface area (Å²) >= 11 is 0. The second-order valence-corrected chi connectivity index (χ2v) is 11.8. The van der Waals surface area contributed by atoms with Gasteiger partial charge >= 0.3 is 12.2 Å². The number of Topliss-reactive ketones (excluding diaryl/α,β-unsaturated/α-hetero) is 2. The minimum absolute atomic E-state index is 0.177. The zero-order valence-corrected chi connectivity index (χ0v) is 20.9. The zero-order valence-electron chi connectivity index (χ0n) is 20.9. The van der Waals surface area contributed by atoms with E-state index in [1.165, 1.54) is 0 Å². The van der Waals surface area contributed by atoms with Crippen molar-refractivity contribution in [2.45, 2.75) is 96.4 Å². The van der Waals surface area contributed by atoms with Gasteiger partial charge in [0, 0.05) is 37.8 Å². The molecule has 0 bridgehead atoms. The number of benzene rings is 1. The first-order chi connectivity index (χ1) is 16.4. The van der Waals surface area contributed by atoms with E-state index in [1.54, 1.807) is 0 Å². The molecule has 0 aliphatic heterocycles. The molecule has 0 aromatic heterocycles. The second kappa shape index (κ2) is 9.63. The molecule has 1 aromatic rings. The highest BCUT2D eigenvalue weighted by molar-refractivity contribution is 5.87. The van der Waals surface area contributed by atoms with Crippen LogP contribution in [0, 0.1) is 10.8 Å². The molecule has 4 aliphatic rings. The number of alkyl carbamates (subject to hydrolysis) is 2. The molecule has 8 heteroatoms. The fourth-order valence-electron chi connectivity index (χ4n) is 5.73. The Morgan fingerprint density at radius 2 is 1.29 bits per heavy atom. The topological polar surface area (TPSA) is 111 Å². The summed E-state index contributed by atoms with van der Waals surface area (Å²) in [6.45, 7) is 5.83. The highest BCUT2D eigenvalue weighted by Gasteiger charge is 2.53. The fourth-order valence-corrected chi connectivity index (χ4v) is 5.73. The molecule has 1 aromatic carbocycles. The van der Waals surface area contributed by atoms with Crippen LogP contribution >= 0.6 is 0 Å². The Labute approximate surface area is 206 Å². The zero-order chi connectivity index (χ0) is 25.3. The van der Waals surface area contributed by atoms with Gasteiger partial charge in [-0.3, -0.25) is 9.59 Å². The van der Waals surface area contributed by atoms with Crippen LogP contribution in [-0.4, -0.2) is 41.4 Å². The van der Waals surface area contributed by atoms with Gasteiger partial charge in [-0.15, -0.1) is 0 Å². The number of carbonyl (C=O) groups excluding carboxylic acids is 4. The molecule has 190 valence electrons. The third-order valence-corrected chi connectivity index (χ3v) is 7.26. The number of amides is 2. The number of ketones is 2. The lowest BCUT2D eigenvalue weighted by molar-refractivity contribution is -0.140. The molecule has 4 saturated carbocycles. The van der Waals surface area contributed by atoms with Crippen molar-refractivity contribution in [2.75, 3.05) is 0 Å². The molecule has 0 radical (unpaired) electrons. The molecule has 5 rings (SSSR count). The highest BCUT2D eigenvalue weighted by atomic mass is 16.6. The smallest absolute Gasteiger partial charge is 0.407 e. The molecule has 0 saturated heterocycles. The minimum Gasteiger partial charge on any atom is -0.445 e. The number of hydrogen-bond donors (Lipinski definition) is 2. The summed E-state index contributed by atoms with van der Waals surface area (Å²) in [7, 11) is 0. The number of ether oxygens (including phenoxy) is 2. The predicted octanol–water partition coefficient (Wildman–Crippen LogP) is 4.45. The van der Waals surface area contributed by atoms with Gasteiger partial charge in [0.2, 0.25) is 0 Å². The van der Waals surface area contributed by atoms with E-state index in [9.17, 15) is 19.2 Å². The standard InChI is InChI=1S/C15H17NO3.C12H19NO3/c17-13-8-15(9-13)6-12(7-15)16-14(18)19-10-11-4-2-1-3-5-11;1-11(2,3)16-10(15)13-8-4-12(5-8)6-9(14)7-12/h1-5,12H,6-10H2,(H,16,18);8H,4-7H2,1-3H3,(H,13,15). The summed E-state index contributed by atoms with van der Waals surface area (Å²) < 4.78 is 10.3. The van der Waals surface area contributed by atoms with E-state index in [4.69, 9.17) is 9.47 Å². The molecular weight excluding hydrogens is 448 g/mol. The van der Waals surface area contributed by atoms with Crippen molar-refractivity contribution in [3.05, 3.63) is 35.9 Å². The van der Waals surface area contributed by atoms with Crippen molar-refractivity contribution < 1.29 is 28.7 Å². The van der Waals surface area contributed by atoms with Crippen LogP contribution in [0.2, 0.25) is 0 Å². The van der Waals surface area contributed by atoms with Crippen LogP contribution in [0.15, 0.2) is 30.3 Å². The van der Waals surface area contributed by atoms with Gasteiger partial charge in [0.25, 0.3) is 0 Å². The van der Waals surface area contributed by atoms with Gasteiger partial charge in [-0.05, 0) is 62.8 Å². The number of rotatable bonds is 4. The Bertz CT molecular complexity index is 951. The van der Waals surface area contributed by atoms with Crippen molar-refractivity contribution in [3.8, 4) is 0 Å². The molecule has 35 heavy (non-hydrogen) atoms. The van der Waals surface area contributed by atoms with E-state index in [0.717, 1.165) is 31.2 Å². The van der Waals surface area contributed by atoms with Gasteiger partial charge < -0.3 is 20.1 Å². The molecule has 2 spiro atoms. The van der Waals surface area contributed by atoms with Crippen LogP contribution in [0.4, 0.5) is 9.59 Å². The molecule has 0 unspecified atom stereocenters. The van der Waals surface area contributed by atoms with Gasteiger partial charge in [-0.2, -0.15) is 0 Å². The third-order valence-electron chi connectivity index (χ3n) is 7.26. The summed E-state index contributed by atoms with van der Waals surface area (Å²) in [5.41, 5.74) is 0.982. The van der Waals surface area contributed by atoms with Crippen LogP contribution in [-0.2, 0) is 25.7 Å². The summed E-state index contributed by atoms with van der Waals surface area (Å²) in [4.78, 5) is 44.9. The average molecular weight is 485 g/mol. The van der Waals surface area contributed by atoms with Gasteiger partial charge in [0.1, 0.15) is 23.8 Å². The van der Waals surface area contributed by atoms with Crippen molar-refractivity contribution in [3.63, 3.8) is 0 Å². The highest BCUT2D eigenvalue weighted by Crippen LogP contribution is 2.54. The molecule has 4 aliphatic carbocycles. The molecule has 0 heterocycles. The molecule has 2 N–H and O–H groups in total. The van der Waals surface area contributed by atoms with Crippen molar-refractivity contribution in [1.82, 2.24) is 10.6 Å². The lowest BCUT2D eigenvalue weighted by Gasteiger charge is -2.52. The Balaban J connectivity index is 0.000000168. The maximum absolute atomic E-state index is 11.6. The minimum atomic E-state index is -0.446. The van der Waals surface area contributed by atoms with E-state index < -0.39 is 5.60 Å². The van der Waals surface area contributed by atoms with Crippen molar-refractivity contribution >= 4 is 23.8 Å². The first-order valence-corrected chi connectivity index (χ1v) is 12.4. The molecule has 0 atom stereocenters. The largest absolute Gasteiger partial charge is 0.445 e. The first kappa shape index (κ1) is 25.2. The SMILES string of the molecule is CC(C)(C)OC(=O)NC1CC2(CC(=O)C2)C1.O=C1CC2(C1)CC(NC(=O)OCc1ccccc1)C2. The van der Waals surface area contributed by atoms with Crippen LogP contribution in [0.1, 0.15) is 77.7 Å². The third kappa shape index (κ3) is 6.61. The van der Waals surface area contributed by atoms with E-state index in [2.05, 4.69) is 10.6 Å². The second-order valence-electron chi connectivity index (χ2n) is 11.8. The van der Waals surface area contributed by atoms with E-state index >= 15 is 0 Å². The summed E-state index contributed by atoms with van der Waals surface area (Å²) in [6, 6.07) is 9.98. The Morgan fingerprint density at radius 3 is 1.71 bits per heavy atom. The lowest BCUT2D eigenvalue weighted by atomic mass is 9.53. The quantitative estimate of drug-likeness (QED) is 0.653. The Morgan fingerprint density at radius 1 is 0.829 bits per heavy atom. The Hall–Kier alpha value is -2.90. The van der Waals surface area contributed by atoms with Gasteiger partial charge in [0.15, 0.2) is 0 Å². The normalized spacial score (nSPS) is 21.9. The van der Waals surface area contributed by atoms with Gasteiger partial charge in [-0.25, -0.2) is 9.59 Å². The maximum Gasteiger partial charge on any atom is 0.407 e. The number of carbonyl (C=O) groups is 4. The Kier molecular flexibility index (Phi) is 6.93. The monoisotopic (exact) mass is 484 g/mol. The predicted molar refractivity (Wildman–Crippen MR) is 129 cm³/mol. The maximum atomic E-state index is 11.6. The van der Waals surface area contributed by atoms with E-state index in [-0.39, 0.29) is 35.1 Å².